The molecule has 2 unspecified atom stereocenters. The van der Waals surface area contributed by atoms with Crippen LogP contribution in [0.1, 0.15) is 19.3 Å². The molecule has 1 heterocycles. The Morgan fingerprint density at radius 1 is 1.47 bits per heavy atom. The van der Waals surface area contributed by atoms with Crippen molar-refractivity contribution in [1.29, 1.82) is 0 Å². The van der Waals surface area contributed by atoms with Gasteiger partial charge in [-0.25, -0.2) is 0 Å². The Kier molecular flexibility index (Phi) is 4.42. The van der Waals surface area contributed by atoms with E-state index in [1.54, 1.807) is 18.2 Å². The summed E-state index contributed by atoms with van der Waals surface area (Å²) in [6.45, 7) is 0.770. The van der Waals surface area contributed by atoms with Gasteiger partial charge in [-0.05, 0) is 37.5 Å². The molecule has 2 atom stereocenters. The molecule has 17 heavy (non-hydrogen) atoms. The van der Waals surface area contributed by atoms with E-state index < -0.39 is 10.8 Å². The molecule has 0 radical (unpaired) electrons. The summed E-state index contributed by atoms with van der Waals surface area (Å²) in [7, 11) is -1.14. The molecule has 1 aromatic carbocycles. The molecule has 0 spiro atoms. The zero-order valence-electron chi connectivity index (χ0n) is 9.52. The second kappa shape index (κ2) is 5.85. The van der Waals surface area contributed by atoms with Gasteiger partial charge in [-0.15, -0.1) is 0 Å². The smallest absolute Gasteiger partial charge is 0.0693 e. The van der Waals surface area contributed by atoms with Gasteiger partial charge in [0.15, 0.2) is 0 Å². The van der Waals surface area contributed by atoms with Gasteiger partial charge in [0.25, 0.3) is 0 Å². The van der Waals surface area contributed by atoms with Crippen molar-refractivity contribution in [3.8, 4) is 0 Å². The minimum absolute atomic E-state index is 0.0853. The van der Waals surface area contributed by atoms with Gasteiger partial charge in [-0.3, -0.25) is 4.21 Å². The lowest BCUT2D eigenvalue weighted by Gasteiger charge is -2.22. The van der Waals surface area contributed by atoms with Crippen LogP contribution in [0, 0.1) is 0 Å². The Morgan fingerprint density at radius 2 is 2.29 bits per heavy atom. The van der Waals surface area contributed by atoms with Crippen LogP contribution in [0.5, 0.6) is 0 Å². The predicted octanol–water partition coefficient (Wildman–Crippen LogP) is 2.60. The molecule has 1 aliphatic heterocycles. The first-order chi connectivity index (χ1) is 8.16. The van der Waals surface area contributed by atoms with E-state index in [4.69, 9.17) is 22.1 Å². The van der Waals surface area contributed by atoms with Crippen LogP contribution in [0.15, 0.2) is 23.1 Å². The Labute approximate surface area is 109 Å². The Balaban J connectivity index is 2.05. The van der Waals surface area contributed by atoms with Gasteiger partial charge in [0.2, 0.25) is 0 Å². The van der Waals surface area contributed by atoms with Crippen molar-refractivity contribution in [2.24, 2.45) is 0 Å². The van der Waals surface area contributed by atoms with Gasteiger partial charge in [-0.1, -0.05) is 11.6 Å². The third kappa shape index (κ3) is 3.44. The molecule has 1 aromatic rings. The lowest BCUT2D eigenvalue weighted by atomic mass is 10.1. The molecule has 0 aromatic heterocycles. The number of anilines is 1. The van der Waals surface area contributed by atoms with E-state index in [1.807, 2.05) is 0 Å². The second-order valence-electron chi connectivity index (χ2n) is 4.19. The fourth-order valence-corrected chi connectivity index (χ4v) is 3.60. The number of hydrogen-bond donors (Lipinski definition) is 1. The van der Waals surface area contributed by atoms with Gasteiger partial charge < -0.3 is 10.5 Å². The van der Waals surface area contributed by atoms with Crippen molar-refractivity contribution in [3.05, 3.63) is 23.2 Å². The first-order valence-electron chi connectivity index (χ1n) is 5.72. The lowest BCUT2D eigenvalue weighted by Crippen LogP contribution is -2.25. The zero-order chi connectivity index (χ0) is 12.3. The van der Waals surface area contributed by atoms with Crippen LogP contribution in [0.2, 0.25) is 5.02 Å². The summed E-state index contributed by atoms with van der Waals surface area (Å²) in [5.41, 5.74) is 6.26. The number of nitrogen functional groups attached to an aromatic ring is 1. The zero-order valence-corrected chi connectivity index (χ0v) is 11.1. The van der Waals surface area contributed by atoms with Crippen molar-refractivity contribution < 1.29 is 8.95 Å². The summed E-state index contributed by atoms with van der Waals surface area (Å²) in [5.74, 6) is 0.503. The third-order valence-corrected chi connectivity index (χ3v) is 4.76. The molecular formula is C12H16ClNO2S. The van der Waals surface area contributed by atoms with Gasteiger partial charge in [-0.2, -0.15) is 0 Å². The number of halogens is 1. The maximum Gasteiger partial charge on any atom is 0.0693 e. The van der Waals surface area contributed by atoms with Gasteiger partial charge >= 0.3 is 0 Å². The van der Waals surface area contributed by atoms with Crippen molar-refractivity contribution in [2.75, 3.05) is 18.1 Å². The van der Waals surface area contributed by atoms with Crippen LogP contribution in [0.3, 0.4) is 0 Å². The average molecular weight is 274 g/mol. The van der Waals surface area contributed by atoms with E-state index in [2.05, 4.69) is 0 Å². The normalized spacial score (nSPS) is 22.3. The maximum absolute atomic E-state index is 12.2. The first-order valence-corrected chi connectivity index (χ1v) is 7.41. The summed E-state index contributed by atoms with van der Waals surface area (Å²) in [6, 6.07) is 5.08. The van der Waals surface area contributed by atoms with Gasteiger partial charge in [0.1, 0.15) is 0 Å². The Morgan fingerprint density at radius 3 is 3.00 bits per heavy atom. The largest absolute Gasteiger partial charge is 0.399 e. The second-order valence-corrected chi connectivity index (χ2v) is 6.06. The van der Waals surface area contributed by atoms with Crippen LogP contribution in [-0.2, 0) is 15.5 Å². The highest BCUT2D eigenvalue weighted by molar-refractivity contribution is 7.85. The topological polar surface area (TPSA) is 52.3 Å². The van der Waals surface area contributed by atoms with Crippen LogP contribution in [0.4, 0.5) is 5.69 Å². The minimum Gasteiger partial charge on any atom is -0.399 e. The molecule has 0 bridgehead atoms. The maximum atomic E-state index is 12.2. The molecular weight excluding hydrogens is 258 g/mol. The summed E-state index contributed by atoms with van der Waals surface area (Å²) >= 11 is 6.02. The standard InChI is InChI=1S/C12H16ClNO2S/c13-11-5-4-9(14)7-12(11)17(15)8-10-3-1-2-6-16-10/h4-5,7,10H,1-3,6,8,14H2. The highest BCUT2D eigenvalue weighted by atomic mass is 35.5. The highest BCUT2D eigenvalue weighted by Crippen LogP contribution is 2.24. The molecule has 0 amide bonds. The van der Waals surface area contributed by atoms with Crippen LogP contribution >= 0.6 is 11.6 Å². The molecule has 1 aliphatic rings. The van der Waals surface area contributed by atoms with E-state index in [0.29, 0.717) is 21.4 Å². The molecule has 94 valence electrons. The van der Waals surface area contributed by atoms with Crippen molar-refractivity contribution in [1.82, 2.24) is 0 Å². The van der Waals surface area contributed by atoms with Crippen molar-refractivity contribution >= 4 is 28.1 Å². The fraction of sp³-hybridized carbons (Fsp3) is 0.500. The molecule has 2 N–H and O–H groups in total. The SMILES string of the molecule is Nc1ccc(Cl)c(S(=O)CC2CCCCO2)c1. The van der Waals surface area contributed by atoms with Crippen LogP contribution in [-0.4, -0.2) is 22.7 Å². The Bertz CT molecular complexity index is 419. The summed E-state index contributed by atoms with van der Waals surface area (Å²) < 4.78 is 17.7. The van der Waals surface area contributed by atoms with Gasteiger partial charge in [0, 0.05) is 12.3 Å². The highest BCUT2D eigenvalue weighted by Gasteiger charge is 2.19. The number of benzene rings is 1. The van der Waals surface area contributed by atoms with Gasteiger partial charge in [0.05, 0.1) is 32.6 Å². The van der Waals surface area contributed by atoms with Crippen LogP contribution < -0.4 is 5.73 Å². The molecule has 2 rings (SSSR count). The van der Waals surface area contributed by atoms with E-state index in [1.165, 1.54) is 0 Å². The van der Waals surface area contributed by atoms with E-state index in [9.17, 15) is 4.21 Å². The predicted molar refractivity (Wildman–Crippen MR) is 70.7 cm³/mol. The molecule has 1 fully saturated rings. The summed E-state index contributed by atoms with van der Waals surface area (Å²) in [6.07, 6.45) is 3.31. The summed E-state index contributed by atoms with van der Waals surface area (Å²) in [4.78, 5) is 0.612. The average Bonchev–Trinajstić information content (AvgIpc) is 2.33. The third-order valence-electron chi connectivity index (χ3n) is 2.81. The number of ether oxygens (including phenoxy) is 1. The first kappa shape index (κ1) is 12.9. The van der Waals surface area contributed by atoms with E-state index in [0.717, 1.165) is 25.9 Å². The van der Waals surface area contributed by atoms with Crippen molar-refractivity contribution in [2.45, 2.75) is 30.3 Å². The van der Waals surface area contributed by atoms with Crippen molar-refractivity contribution in [3.63, 3.8) is 0 Å². The van der Waals surface area contributed by atoms with Crippen LogP contribution in [0.25, 0.3) is 0 Å². The molecule has 1 saturated heterocycles. The number of rotatable bonds is 3. The quantitative estimate of drug-likeness (QED) is 0.862. The molecule has 3 nitrogen and oxygen atoms in total. The number of hydrogen-bond acceptors (Lipinski definition) is 3. The molecule has 0 saturated carbocycles. The molecule has 5 heteroatoms. The Hall–Kier alpha value is -0.580. The monoisotopic (exact) mass is 273 g/mol. The van der Waals surface area contributed by atoms with E-state index in [-0.39, 0.29) is 6.10 Å². The van der Waals surface area contributed by atoms with E-state index >= 15 is 0 Å². The molecule has 0 aliphatic carbocycles. The lowest BCUT2D eigenvalue weighted by molar-refractivity contribution is 0.0310. The number of nitrogens with two attached hydrogens (primary N) is 1. The minimum atomic E-state index is -1.14. The summed E-state index contributed by atoms with van der Waals surface area (Å²) in [5, 5.41) is 0.508. The fourth-order valence-electron chi connectivity index (χ4n) is 1.89.